The van der Waals surface area contributed by atoms with Crippen molar-refractivity contribution in [1.29, 1.82) is 0 Å². The third kappa shape index (κ3) is 3.45. The van der Waals surface area contributed by atoms with Crippen molar-refractivity contribution in [2.75, 3.05) is 0 Å². The molecule has 0 rings (SSSR count). The lowest BCUT2D eigenvalue weighted by molar-refractivity contribution is 0.236. The molecule has 0 heterocycles. The van der Waals surface area contributed by atoms with Gasteiger partial charge in [0.15, 0.2) is 0 Å². The van der Waals surface area contributed by atoms with Gasteiger partial charge in [0.1, 0.15) is 6.10 Å². The molecule has 44 valence electrons. The molecule has 1 unspecified atom stereocenters. The van der Waals surface area contributed by atoms with Crippen LogP contribution >= 0.6 is 0 Å². The van der Waals surface area contributed by atoms with E-state index in [-0.39, 0.29) is 0 Å². The topological polar surface area (TPSA) is 20.2 Å². The molecule has 1 N–H and O–H groups in total. The van der Waals surface area contributed by atoms with Crippen molar-refractivity contribution in [1.82, 2.24) is 0 Å². The van der Waals surface area contributed by atoms with Crippen LogP contribution in [-0.4, -0.2) is 11.2 Å². The first-order valence-electron chi connectivity index (χ1n) is 2.56. The van der Waals surface area contributed by atoms with Crippen LogP contribution in [-0.2, 0) is 0 Å². The lowest BCUT2D eigenvalue weighted by Gasteiger charge is -1.93. The van der Waals surface area contributed by atoms with Gasteiger partial charge in [-0.05, 0) is 6.92 Å². The average Bonchev–Trinajstić information content (AvgIpc) is 1.83. The number of aliphatic hydroxyl groups is 1. The lowest BCUT2D eigenvalue weighted by Crippen LogP contribution is -1.98. The van der Waals surface area contributed by atoms with Gasteiger partial charge < -0.3 is 5.11 Å². The normalized spacial score (nSPS) is 13.6. The highest BCUT2D eigenvalue weighted by Crippen LogP contribution is 1.88. The van der Waals surface area contributed by atoms with Crippen molar-refractivity contribution >= 4 is 0 Å². The lowest BCUT2D eigenvalue weighted by atomic mass is 10.2. The van der Waals surface area contributed by atoms with Crippen LogP contribution in [0, 0.1) is 12.3 Å². The summed E-state index contributed by atoms with van der Waals surface area (Å²) in [5.74, 6) is 2.20. The first kappa shape index (κ1) is 7.26. The van der Waals surface area contributed by atoms with E-state index < -0.39 is 6.10 Å². The highest BCUT2D eigenvalue weighted by atomic mass is 16.3. The summed E-state index contributed by atoms with van der Waals surface area (Å²) in [6, 6.07) is 0. The summed E-state index contributed by atoms with van der Waals surface area (Å²) in [6.07, 6.45) is 8.54. The summed E-state index contributed by atoms with van der Waals surface area (Å²) in [5, 5.41) is 8.70. The Kier molecular flexibility index (Phi) is 4.01. The second-order valence-electron chi connectivity index (χ2n) is 1.49. The molecule has 0 aliphatic heterocycles. The first-order chi connectivity index (χ1) is 3.81. The number of aliphatic hydroxyl groups excluding tert-OH is 1. The molecule has 0 saturated carbocycles. The van der Waals surface area contributed by atoms with Crippen molar-refractivity contribution < 1.29 is 5.11 Å². The van der Waals surface area contributed by atoms with Crippen LogP contribution in [0.4, 0.5) is 0 Å². The van der Waals surface area contributed by atoms with Gasteiger partial charge >= 0.3 is 0 Å². The summed E-state index contributed by atoms with van der Waals surface area (Å²) < 4.78 is 0. The Morgan fingerprint density at radius 1 is 1.88 bits per heavy atom. The number of terminal acetylenes is 1. The summed E-state index contributed by atoms with van der Waals surface area (Å²) >= 11 is 0. The molecule has 0 aromatic rings. The molecule has 0 aromatic heterocycles. The average molecular weight is 110 g/mol. The number of rotatable bonds is 2. The van der Waals surface area contributed by atoms with Crippen molar-refractivity contribution in [2.24, 2.45) is 0 Å². The Hall–Kier alpha value is -0.740. The highest BCUT2D eigenvalue weighted by molar-refractivity contribution is 4.97. The second-order valence-corrected chi connectivity index (χ2v) is 1.49. The molecule has 0 aliphatic rings. The molecule has 0 amide bonds. The van der Waals surface area contributed by atoms with Gasteiger partial charge in [0.05, 0.1) is 0 Å². The monoisotopic (exact) mass is 110 g/mol. The van der Waals surface area contributed by atoms with Crippen molar-refractivity contribution in [3.8, 4) is 12.3 Å². The van der Waals surface area contributed by atoms with Gasteiger partial charge in [-0.1, -0.05) is 18.1 Å². The number of hydrogen-bond acceptors (Lipinski definition) is 1. The maximum atomic E-state index is 8.70. The molecule has 0 radical (unpaired) electrons. The number of hydrogen-bond donors (Lipinski definition) is 1. The Morgan fingerprint density at radius 3 is 2.88 bits per heavy atom. The minimum Gasteiger partial charge on any atom is -0.380 e. The molecule has 0 spiro atoms. The van der Waals surface area contributed by atoms with Crippen LogP contribution in [0.5, 0.6) is 0 Å². The van der Waals surface area contributed by atoms with Crippen molar-refractivity contribution in [3.05, 3.63) is 12.2 Å². The van der Waals surface area contributed by atoms with Gasteiger partial charge in [-0.3, -0.25) is 0 Å². The Balaban J connectivity index is 3.28. The van der Waals surface area contributed by atoms with Crippen LogP contribution in [0.3, 0.4) is 0 Å². The molecular formula is C7H10O. The van der Waals surface area contributed by atoms with E-state index in [1.54, 1.807) is 0 Å². The van der Waals surface area contributed by atoms with Gasteiger partial charge in [0, 0.05) is 6.42 Å². The Bertz CT molecular complexity index is 108. The fourth-order valence-corrected chi connectivity index (χ4v) is 0.333. The zero-order chi connectivity index (χ0) is 6.41. The van der Waals surface area contributed by atoms with E-state index in [0.717, 1.165) is 0 Å². The highest BCUT2D eigenvalue weighted by Gasteiger charge is 1.90. The largest absolute Gasteiger partial charge is 0.380 e. The molecule has 1 heteroatoms. The minimum absolute atomic E-state index is 0.562. The van der Waals surface area contributed by atoms with Crippen molar-refractivity contribution in [2.45, 2.75) is 19.4 Å². The van der Waals surface area contributed by atoms with E-state index >= 15 is 0 Å². The smallest absolute Gasteiger partial charge is 0.117 e. The van der Waals surface area contributed by atoms with E-state index in [1.807, 2.05) is 19.1 Å². The van der Waals surface area contributed by atoms with E-state index in [0.29, 0.717) is 6.42 Å². The molecule has 1 nitrogen and oxygen atoms in total. The summed E-state index contributed by atoms with van der Waals surface area (Å²) in [7, 11) is 0. The fraction of sp³-hybridized carbons (Fsp3) is 0.429. The molecule has 1 atom stereocenters. The molecule has 0 saturated heterocycles. The standard InChI is InChI=1S/C7H10O/c1-3-5-6-7(8)4-2/h2-3,5,7-8H,6H2,1H3/b5-3-. The Labute approximate surface area is 50.0 Å². The van der Waals surface area contributed by atoms with E-state index in [2.05, 4.69) is 5.92 Å². The summed E-state index contributed by atoms with van der Waals surface area (Å²) in [5.41, 5.74) is 0. The molecule has 0 fully saturated rings. The molecule has 0 bridgehead atoms. The van der Waals surface area contributed by atoms with Gasteiger partial charge in [0.2, 0.25) is 0 Å². The van der Waals surface area contributed by atoms with Gasteiger partial charge in [-0.2, -0.15) is 0 Å². The van der Waals surface area contributed by atoms with Crippen molar-refractivity contribution in [3.63, 3.8) is 0 Å². The molecule has 8 heavy (non-hydrogen) atoms. The number of allylic oxidation sites excluding steroid dienone is 1. The molecule has 0 aromatic carbocycles. The third-order valence-electron chi connectivity index (χ3n) is 0.787. The van der Waals surface area contributed by atoms with Crippen LogP contribution in [0.2, 0.25) is 0 Å². The molecular weight excluding hydrogens is 100 g/mol. The second kappa shape index (κ2) is 4.42. The van der Waals surface area contributed by atoms with Crippen LogP contribution < -0.4 is 0 Å². The maximum Gasteiger partial charge on any atom is 0.117 e. The summed E-state index contributed by atoms with van der Waals surface area (Å²) in [4.78, 5) is 0. The van der Waals surface area contributed by atoms with E-state index in [4.69, 9.17) is 11.5 Å². The van der Waals surface area contributed by atoms with E-state index in [1.165, 1.54) is 0 Å². The first-order valence-corrected chi connectivity index (χ1v) is 2.56. The molecule has 0 aliphatic carbocycles. The predicted molar refractivity (Wildman–Crippen MR) is 34.3 cm³/mol. The van der Waals surface area contributed by atoms with Crippen LogP contribution in [0.1, 0.15) is 13.3 Å². The van der Waals surface area contributed by atoms with Crippen LogP contribution in [0.25, 0.3) is 0 Å². The fourth-order valence-electron chi connectivity index (χ4n) is 0.333. The third-order valence-corrected chi connectivity index (χ3v) is 0.787. The minimum atomic E-state index is -0.605. The SMILES string of the molecule is C#CC(O)C/C=C\C. The zero-order valence-corrected chi connectivity index (χ0v) is 4.96. The predicted octanol–water partition coefficient (Wildman–Crippen LogP) is 0.947. The van der Waals surface area contributed by atoms with Gasteiger partial charge in [-0.25, -0.2) is 0 Å². The summed E-state index contributed by atoms with van der Waals surface area (Å²) in [6.45, 7) is 1.89. The maximum absolute atomic E-state index is 8.70. The van der Waals surface area contributed by atoms with Crippen LogP contribution in [0.15, 0.2) is 12.2 Å². The quantitative estimate of drug-likeness (QED) is 0.414. The van der Waals surface area contributed by atoms with Gasteiger partial charge in [-0.15, -0.1) is 6.42 Å². The Morgan fingerprint density at radius 2 is 2.50 bits per heavy atom. The van der Waals surface area contributed by atoms with Gasteiger partial charge in [0.25, 0.3) is 0 Å². The zero-order valence-electron chi connectivity index (χ0n) is 4.96. The van der Waals surface area contributed by atoms with E-state index in [9.17, 15) is 0 Å².